The monoisotopic (exact) mass is 398 g/mol. The van der Waals surface area contributed by atoms with E-state index in [-0.39, 0.29) is 18.7 Å². The maximum atomic E-state index is 12.3. The Morgan fingerprint density at radius 3 is 2.72 bits per heavy atom. The van der Waals surface area contributed by atoms with Crippen LogP contribution in [0.25, 0.3) is 22.8 Å². The molecule has 0 bridgehead atoms. The quantitative estimate of drug-likeness (QED) is 0.643. The molecule has 1 atom stereocenters. The zero-order valence-electron chi connectivity index (χ0n) is 15.7. The van der Waals surface area contributed by atoms with E-state index in [1.807, 2.05) is 0 Å². The Labute approximate surface area is 165 Å². The van der Waals surface area contributed by atoms with Crippen LogP contribution in [0.1, 0.15) is 12.2 Å². The SMILES string of the molecule is CN1CCC(O)(c2cc(-c3cccc(-c4ccnc(NCCF)n4)n3)no2)C1=O. The molecular weight excluding hydrogens is 379 g/mol. The first kappa shape index (κ1) is 18.9. The van der Waals surface area contributed by atoms with Gasteiger partial charge < -0.3 is 19.8 Å². The highest BCUT2D eigenvalue weighted by atomic mass is 19.1. The average Bonchev–Trinajstić information content (AvgIpc) is 3.35. The molecule has 1 unspecified atom stereocenters. The molecular formula is C19H19FN6O3. The lowest BCUT2D eigenvalue weighted by Crippen LogP contribution is -2.35. The molecule has 0 aromatic carbocycles. The summed E-state index contributed by atoms with van der Waals surface area (Å²) in [5.74, 6) is -0.0211. The van der Waals surface area contributed by atoms with Crippen molar-refractivity contribution in [3.8, 4) is 22.8 Å². The highest BCUT2D eigenvalue weighted by Crippen LogP contribution is 2.34. The summed E-state index contributed by atoms with van der Waals surface area (Å²) in [6.07, 6.45) is 1.79. The maximum Gasteiger partial charge on any atom is 0.262 e. The number of halogens is 1. The topological polar surface area (TPSA) is 117 Å². The highest BCUT2D eigenvalue weighted by Gasteiger charge is 2.48. The van der Waals surface area contributed by atoms with Gasteiger partial charge in [-0.2, -0.15) is 0 Å². The van der Waals surface area contributed by atoms with Gasteiger partial charge in [0.1, 0.15) is 12.4 Å². The van der Waals surface area contributed by atoms with Crippen molar-refractivity contribution < 1.29 is 18.8 Å². The van der Waals surface area contributed by atoms with E-state index < -0.39 is 18.2 Å². The van der Waals surface area contributed by atoms with Gasteiger partial charge >= 0.3 is 0 Å². The Balaban J connectivity index is 1.62. The van der Waals surface area contributed by atoms with Gasteiger partial charge in [-0.25, -0.2) is 19.3 Å². The number of nitrogens with zero attached hydrogens (tertiary/aromatic N) is 5. The van der Waals surface area contributed by atoms with Gasteiger partial charge in [-0.15, -0.1) is 0 Å². The van der Waals surface area contributed by atoms with Gasteiger partial charge in [-0.3, -0.25) is 4.79 Å². The van der Waals surface area contributed by atoms with E-state index in [2.05, 4.69) is 25.4 Å². The number of carbonyl (C=O) groups is 1. The van der Waals surface area contributed by atoms with Crippen molar-refractivity contribution >= 4 is 11.9 Å². The maximum absolute atomic E-state index is 12.3. The molecule has 2 N–H and O–H groups in total. The summed E-state index contributed by atoms with van der Waals surface area (Å²) in [6, 6.07) is 8.51. The summed E-state index contributed by atoms with van der Waals surface area (Å²) in [6.45, 7) is 0.0293. The number of hydrogen-bond acceptors (Lipinski definition) is 8. The van der Waals surface area contributed by atoms with E-state index in [4.69, 9.17) is 4.52 Å². The first-order chi connectivity index (χ1) is 14.0. The van der Waals surface area contributed by atoms with Gasteiger partial charge in [-0.05, 0) is 18.2 Å². The molecule has 3 aromatic rings. The molecule has 1 aliphatic rings. The molecule has 4 rings (SSSR count). The molecule has 3 aromatic heterocycles. The number of likely N-dealkylation sites (tertiary alicyclic amines) is 1. The fourth-order valence-corrected chi connectivity index (χ4v) is 3.14. The molecule has 1 aliphatic heterocycles. The van der Waals surface area contributed by atoms with Gasteiger partial charge in [0.25, 0.3) is 5.91 Å². The molecule has 0 radical (unpaired) electrons. The molecule has 1 fully saturated rings. The van der Waals surface area contributed by atoms with Crippen LogP contribution in [-0.2, 0) is 10.4 Å². The third kappa shape index (κ3) is 3.54. The van der Waals surface area contributed by atoms with Crippen LogP contribution in [0.5, 0.6) is 0 Å². The molecule has 0 aliphatic carbocycles. The Kier molecular flexibility index (Phi) is 4.93. The zero-order valence-corrected chi connectivity index (χ0v) is 15.7. The first-order valence-corrected chi connectivity index (χ1v) is 9.07. The molecule has 1 amide bonds. The largest absolute Gasteiger partial charge is 0.373 e. The van der Waals surface area contributed by atoms with Crippen LogP contribution >= 0.6 is 0 Å². The molecule has 0 saturated carbocycles. The van der Waals surface area contributed by atoms with Crippen LogP contribution in [0.2, 0.25) is 0 Å². The molecule has 4 heterocycles. The summed E-state index contributed by atoms with van der Waals surface area (Å²) in [5, 5.41) is 17.5. The number of nitrogens with one attached hydrogen (secondary N) is 1. The van der Waals surface area contributed by atoms with Gasteiger partial charge in [0, 0.05) is 38.8 Å². The summed E-state index contributed by atoms with van der Waals surface area (Å²) in [4.78, 5) is 26.6. The summed E-state index contributed by atoms with van der Waals surface area (Å²) >= 11 is 0. The molecule has 0 spiro atoms. The van der Waals surface area contributed by atoms with Crippen molar-refractivity contribution in [1.29, 1.82) is 0 Å². The lowest BCUT2D eigenvalue weighted by atomic mass is 9.98. The summed E-state index contributed by atoms with van der Waals surface area (Å²) < 4.78 is 17.6. The fraction of sp³-hybridized carbons (Fsp3) is 0.316. The lowest BCUT2D eigenvalue weighted by Gasteiger charge is -2.16. The van der Waals surface area contributed by atoms with Gasteiger partial charge in [0.05, 0.1) is 17.1 Å². The number of aliphatic hydroxyl groups is 1. The smallest absolute Gasteiger partial charge is 0.262 e. The van der Waals surface area contributed by atoms with E-state index >= 15 is 0 Å². The second kappa shape index (κ2) is 7.55. The zero-order chi connectivity index (χ0) is 20.4. The number of amides is 1. The van der Waals surface area contributed by atoms with Crippen molar-refractivity contribution in [1.82, 2.24) is 25.0 Å². The van der Waals surface area contributed by atoms with Gasteiger partial charge in [0.15, 0.2) is 5.76 Å². The Hall–Kier alpha value is -3.40. The second-order valence-electron chi connectivity index (χ2n) is 6.70. The van der Waals surface area contributed by atoms with Crippen LogP contribution in [0, 0.1) is 0 Å². The first-order valence-electron chi connectivity index (χ1n) is 9.07. The average molecular weight is 398 g/mol. The van der Waals surface area contributed by atoms with E-state index in [0.29, 0.717) is 35.3 Å². The normalized spacial score (nSPS) is 19.0. The molecule has 9 nitrogen and oxygen atoms in total. The van der Waals surface area contributed by atoms with Crippen molar-refractivity contribution in [3.63, 3.8) is 0 Å². The van der Waals surface area contributed by atoms with E-state index in [0.717, 1.165) is 0 Å². The van der Waals surface area contributed by atoms with Gasteiger partial charge in [0.2, 0.25) is 11.5 Å². The minimum Gasteiger partial charge on any atom is -0.373 e. The minimum absolute atomic E-state index is 0.0915. The number of likely N-dealkylation sites (N-methyl/N-ethyl adjacent to an activating group) is 1. The number of aromatic nitrogens is 4. The van der Waals surface area contributed by atoms with Crippen LogP contribution < -0.4 is 5.32 Å². The number of alkyl halides is 1. The molecule has 10 heteroatoms. The predicted octanol–water partition coefficient (Wildman–Crippen LogP) is 1.62. The summed E-state index contributed by atoms with van der Waals surface area (Å²) in [7, 11) is 1.63. The molecule has 29 heavy (non-hydrogen) atoms. The fourth-order valence-electron chi connectivity index (χ4n) is 3.14. The van der Waals surface area contributed by atoms with Crippen molar-refractivity contribution in [2.75, 3.05) is 32.1 Å². The second-order valence-corrected chi connectivity index (χ2v) is 6.70. The summed E-state index contributed by atoms with van der Waals surface area (Å²) in [5.41, 5.74) is 0.298. The third-order valence-corrected chi connectivity index (χ3v) is 4.73. The van der Waals surface area contributed by atoms with E-state index in [9.17, 15) is 14.3 Å². The number of hydrogen-bond donors (Lipinski definition) is 2. The standard InChI is InChI=1S/C19H19FN6O3/c1-26-10-6-19(28,17(26)27)16-11-15(25-29-16)13-4-2-3-12(23-13)14-5-8-21-18(24-14)22-9-7-20/h2-5,8,11,28H,6-7,9-10H2,1H3,(H,21,22,24). The van der Waals surface area contributed by atoms with Crippen molar-refractivity contribution in [2.24, 2.45) is 0 Å². The Morgan fingerprint density at radius 1 is 1.24 bits per heavy atom. The molecule has 1 saturated heterocycles. The minimum atomic E-state index is -1.71. The molecule has 150 valence electrons. The predicted molar refractivity (Wildman–Crippen MR) is 101 cm³/mol. The van der Waals surface area contributed by atoms with Crippen LogP contribution in [-0.4, -0.2) is 62.8 Å². The Morgan fingerprint density at radius 2 is 2.00 bits per heavy atom. The lowest BCUT2D eigenvalue weighted by molar-refractivity contribution is -0.144. The number of carbonyl (C=O) groups excluding carboxylic acids is 1. The van der Waals surface area contributed by atoms with Crippen LogP contribution in [0.4, 0.5) is 10.3 Å². The van der Waals surface area contributed by atoms with E-state index in [1.165, 1.54) is 11.0 Å². The highest BCUT2D eigenvalue weighted by molar-refractivity contribution is 5.87. The third-order valence-electron chi connectivity index (χ3n) is 4.73. The van der Waals surface area contributed by atoms with Crippen LogP contribution in [0.3, 0.4) is 0 Å². The number of anilines is 1. The Bertz CT molecular complexity index is 1040. The van der Waals surface area contributed by atoms with Gasteiger partial charge in [-0.1, -0.05) is 11.2 Å². The van der Waals surface area contributed by atoms with E-state index in [1.54, 1.807) is 37.5 Å². The van der Waals surface area contributed by atoms with Crippen molar-refractivity contribution in [2.45, 2.75) is 12.0 Å². The number of pyridine rings is 1. The van der Waals surface area contributed by atoms with Crippen molar-refractivity contribution in [3.05, 3.63) is 42.3 Å². The van der Waals surface area contributed by atoms with Crippen LogP contribution in [0.15, 0.2) is 41.1 Å². The number of rotatable bonds is 6.